The lowest BCUT2D eigenvalue weighted by atomic mass is 10.1. The van der Waals surface area contributed by atoms with Crippen molar-refractivity contribution in [2.45, 2.75) is 6.92 Å². The summed E-state index contributed by atoms with van der Waals surface area (Å²) in [5, 5.41) is 0. The van der Waals surface area contributed by atoms with Gasteiger partial charge in [-0.15, -0.1) is 0 Å². The summed E-state index contributed by atoms with van der Waals surface area (Å²) < 4.78 is 7.12. The number of benzene rings is 1. The lowest BCUT2D eigenvalue weighted by Crippen LogP contribution is -1.97. The van der Waals surface area contributed by atoms with Crippen molar-refractivity contribution in [1.82, 2.24) is 9.55 Å². The largest absolute Gasteiger partial charge is 0.497 e. The highest BCUT2D eigenvalue weighted by molar-refractivity contribution is 5.87. The molecule has 88 valence electrons. The van der Waals surface area contributed by atoms with Crippen LogP contribution in [0.1, 0.15) is 16.2 Å². The third kappa shape index (κ3) is 1.93. The number of carbonyl (C=O) groups is 1. The smallest absolute Gasteiger partial charge is 0.150 e. The molecule has 0 fully saturated rings. The number of imidazole rings is 1. The number of aldehydes is 1. The Labute approximate surface area is 99.9 Å². The number of hydrogen-bond acceptors (Lipinski definition) is 3. The molecule has 0 spiro atoms. The Morgan fingerprint density at radius 2 is 2.18 bits per heavy atom. The zero-order valence-corrected chi connectivity index (χ0v) is 10.1. The molecule has 0 N–H and O–H groups in total. The maximum absolute atomic E-state index is 11.0. The van der Waals surface area contributed by atoms with Gasteiger partial charge in [0, 0.05) is 18.2 Å². The molecule has 0 aliphatic heterocycles. The number of carbonyl (C=O) groups excluding carboxylic acids is 1. The summed E-state index contributed by atoms with van der Waals surface area (Å²) in [5.74, 6) is 1.63. The fourth-order valence-electron chi connectivity index (χ4n) is 1.74. The van der Waals surface area contributed by atoms with Gasteiger partial charge in [-0.05, 0) is 25.1 Å². The monoisotopic (exact) mass is 230 g/mol. The van der Waals surface area contributed by atoms with Gasteiger partial charge in [-0.25, -0.2) is 4.98 Å². The summed E-state index contributed by atoms with van der Waals surface area (Å²) in [5.41, 5.74) is 2.37. The van der Waals surface area contributed by atoms with Crippen molar-refractivity contribution in [3.05, 3.63) is 35.8 Å². The lowest BCUT2D eigenvalue weighted by Gasteiger charge is -2.08. The molecule has 2 aromatic rings. The maximum Gasteiger partial charge on any atom is 0.150 e. The van der Waals surface area contributed by atoms with Crippen molar-refractivity contribution in [2.24, 2.45) is 7.05 Å². The molecule has 0 unspecified atom stereocenters. The number of nitrogens with zero attached hydrogens (tertiary/aromatic N) is 2. The van der Waals surface area contributed by atoms with Crippen molar-refractivity contribution >= 4 is 6.29 Å². The van der Waals surface area contributed by atoms with E-state index in [-0.39, 0.29) is 0 Å². The Bertz CT molecular complexity index is 559. The lowest BCUT2D eigenvalue weighted by molar-refractivity contribution is 0.112. The molecule has 0 saturated carbocycles. The molecule has 4 heteroatoms. The number of rotatable bonds is 3. The maximum atomic E-state index is 11.0. The van der Waals surface area contributed by atoms with Crippen LogP contribution in [0.15, 0.2) is 24.4 Å². The summed E-state index contributed by atoms with van der Waals surface area (Å²) in [6.45, 7) is 1.92. The van der Waals surface area contributed by atoms with E-state index >= 15 is 0 Å². The second-order valence-corrected chi connectivity index (χ2v) is 3.82. The van der Waals surface area contributed by atoms with Gasteiger partial charge in [0.25, 0.3) is 0 Å². The minimum Gasteiger partial charge on any atom is -0.497 e. The molecular weight excluding hydrogens is 216 g/mol. The molecular formula is C13H14N2O2. The van der Waals surface area contributed by atoms with Gasteiger partial charge in [0.15, 0.2) is 6.29 Å². The van der Waals surface area contributed by atoms with E-state index in [9.17, 15) is 4.79 Å². The Hall–Kier alpha value is -2.10. The number of aromatic nitrogens is 2. The number of aryl methyl sites for hydroxylation is 1. The van der Waals surface area contributed by atoms with Gasteiger partial charge in [-0.3, -0.25) is 4.79 Å². The minimum atomic E-state index is 0.633. The third-order valence-electron chi connectivity index (χ3n) is 2.88. The van der Waals surface area contributed by atoms with Gasteiger partial charge in [-0.1, -0.05) is 0 Å². The van der Waals surface area contributed by atoms with Crippen LogP contribution in [0.4, 0.5) is 0 Å². The third-order valence-corrected chi connectivity index (χ3v) is 2.88. The fraction of sp³-hybridized carbons (Fsp3) is 0.231. The van der Waals surface area contributed by atoms with Crippen molar-refractivity contribution in [3.63, 3.8) is 0 Å². The minimum absolute atomic E-state index is 0.633. The SMILES string of the molecule is COc1ccc(C=O)c(-c2cnc(C)n2C)c1. The highest BCUT2D eigenvalue weighted by Gasteiger charge is 2.11. The van der Waals surface area contributed by atoms with E-state index in [0.717, 1.165) is 29.1 Å². The molecule has 1 heterocycles. The average Bonchev–Trinajstić information content (AvgIpc) is 2.69. The molecule has 0 radical (unpaired) electrons. The fourth-order valence-corrected chi connectivity index (χ4v) is 1.74. The first-order valence-corrected chi connectivity index (χ1v) is 5.29. The van der Waals surface area contributed by atoms with Crippen LogP contribution in [0.5, 0.6) is 5.75 Å². The van der Waals surface area contributed by atoms with Crippen LogP contribution >= 0.6 is 0 Å². The quantitative estimate of drug-likeness (QED) is 0.759. The molecule has 4 nitrogen and oxygen atoms in total. The Morgan fingerprint density at radius 3 is 2.71 bits per heavy atom. The van der Waals surface area contributed by atoms with Gasteiger partial charge in [-0.2, -0.15) is 0 Å². The summed E-state index contributed by atoms with van der Waals surface area (Å²) in [6, 6.07) is 5.38. The van der Waals surface area contributed by atoms with Crippen molar-refractivity contribution in [1.29, 1.82) is 0 Å². The number of ether oxygens (including phenoxy) is 1. The Kier molecular flexibility index (Phi) is 2.95. The highest BCUT2D eigenvalue weighted by Crippen LogP contribution is 2.27. The van der Waals surface area contributed by atoms with Crippen LogP contribution in [-0.2, 0) is 7.05 Å². The zero-order chi connectivity index (χ0) is 12.4. The van der Waals surface area contributed by atoms with Gasteiger partial charge in [0.05, 0.1) is 19.0 Å². The Balaban J connectivity index is 2.64. The molecule has 0 bridgehead atoms. The predicted molar refractivity (Wildman–Crippen MR) is 65.3 cm³/mol. The molecule has 0 atom stereocenters. The second kappa shape index (κ2) is 4.41. The highest BCUT2D eigenvalue weighted by atomic mass is 16.5. The first kappa shape index (κ1) is 11.4. The van der Waals surface area contributed by atoms with Crippen LogP contribution in [0.25, 0.3) is 11.3 Å². The summed E-state index contributed by atoms with van der Waals surface area (Å²) in [4.78, 5) is 15.3. The van der Waals surface area contributed by atoms with E-state index in [0.29, 0.717) is 5.56 Å². The van der Waals surface area contributed by atoms with Crippen LogP contribution in [0.3, 0.4) is 0 Å². The van der Waals surface area contributed by atoms with E-state index in [1.165, 1.54) is 0 Å². The topological polar surface area (TPSA) is 44.1 Å². The molecule has 1 aromatic heterocycles. The summed E-state index contributed by atoms with van der Waals surface area (Å²) in [6.07, 6.45) is 2.61. The van der Waals surface area contributed by atoms with Crippen molar-refractivity contribution < 1.29 is 9.53 Å². The standard InChI is InChI=1S/C13H14N2O2/c1-9-14-7-13(15(9)2)12-6-11(17-3)5-4-10(12)8-16/h4-8H,1-3H3. The van der Waals surface area contributed by atoms with Crippen molar-refractivity contribution in [2.75, 3.05) is 7.11 Å². The van der Waals surface area contributed by atoms with Crippen molar-refractivity contribution in [3.8, 4) is 17.0 Å². The summed E-state index contributed by atoms with van der Waals surface area (Å²) in [7, 11) is 3.53. The number of methoxy groups -OCH3 is 1. The molecule has 0 aliphatic rings. The molecule has 2 rings (SSSR count). The molecule has 17 heavy (non-hydrogen) atoms. The Morgan fingerprint density at radius 1 is 1.41 bits per heavy atom. The zero-order valence-electron chi connectivity index (χ0n) is 10.1. The molecule has 0 aliphatic carbocycles. The average molecular weight is 230 g/mol. The molecule has 1 aromatic carbocycles. The summed E-state index contributed by atoms with van der Waals surface area (Å²) >= 11 is 0. The first-order valence-electron chi connectivity index (χ1n) is 5.29. The van der Waals surface area contributed by atoms with E-state index in [2.05, 4.69) is 4.98 Å². The van der Waals surface area contributed by atoms with Gasteiger partial charge in [0.1, 0.15) is 11.6 Å². The number of hydrogen-bond donors (Lipinski definition) is 0. The van der Waals surface area contributed by atoms with Crippen LogP contribution < -0.4 is 4.74 Å². The second-order valence-electron chi connectivity index (χ2n) is 3.82. The van der Waals surface area contributed by atoms with E-state index in [1.807, 2.05) is 24.6 Å². The van der Waals surface area contributed by atoms with E-state index in [1.54, 1.807) is 25.4 Å². The predicted octanol–water partition coefficient (Wildman–Crippen LogP) is 2.22. The van der Waals surface area contributed by atoms with Crippen LogP contribution in [-0.4, -0.2) is 22.9 Å². The van der Waals surface area contributed by atoms with E-state index < -0.39 is 0 Å². The van der Waals surface area contributed by atoms with Crippen LogP contribution in [0.2, 0.25) is 0 Å². The van der Waals surface area contributed by atoms with Gasteiger partial charge in [0.2, 0.25) is 0 Å². The van der Waals surface area contributed by atoms with Gasteiger partial charge >= 0.3 is 0 Å². The van der Waals surface area contributed by atoms with E-state index in [4.69, 9.17) is 4.74 Å². The van der Waals surface area contributed by atoms with Gasteiger partial charge < -0.3 is 9.30 Å². The molecule has 0 amide bonds. The molecule has 0 saturated heterocycles. The normalized spacial score (nSPS) is 10.3. The van der Waals surface area contributed by atoms with Crippen LogP contribution in [0, 0.1) is 6.92 Å². The first-order chi connectivity index (χ1) is 8.17.